The number of halogens is 1. The van der Waals surface area contributed by atoms with Gasteiger partial charge in [0.25, 0.3) is 0 Å². The maximum atomic E-state index is 5.79. The summed E-state index contributed by atoms with van der Waals surface area (Å²) in [5, 5.41) is 3.08. The van der Waals surface area contributed by atoms with Gasteiger partial charge in [0.05, 0.1) is 6.54 Å². The van der Waals surface area contributed by atoms with Crippen LogP contribution in [0.5, 0.6) is 0 Å². The van der Waals surface area contributed by atoms with Gasteiger partial charge in [-0.25, -0.2) is 4.99 Å². The van der Waals surface area contributed by atoms with Crippen LogP contribution in [0.25, 0.3) is 0 Å². The molecule has 1 aromatic carbocycles. The van der Waals surface area contributed by atoms with Gasteiger partial charge in [0.15, 0.2) is 5.96 Å². The second kappa shape index (κ2) is 9.01. The first-order valence-corrected chi connectivity index (χ1v) is 6.35. The summed E-state index contributed by atoms with van der Waals surface area (Å²) in [6.45, 7) is 5.67. The van der Waals surface area contributed by atoms with Crippen LogP contribution in [-0.2, 0) is 6.54 Å². The molecule has 0 aromatic heterocycles. The van der Waals surface area contributed by atoms with Gasteiger partial charge in [0.2, 0.25) is 0 Å². The Balaban J connectivity index is 0.00000324. The molecular formula is C14H25IN4. The fourth-order valence-electron chi connectivity index (χ4n) is 1.70. The lowest BCUT2D eigenvalue weighted by molar-refractivity contribution is 0.825. The van der Waals surface area contributed by atoms with Crippen LogP contribution in [0.1, 0.15) is 24.5 Å². The van der Waals surface area contributed by atoms with Crippen molar-refractivity contribution in [2.24, 2.45) is 10.7 Å². The molecule has 0 radical (unpaired) electrons. The Bertz CT molecular complexity index is 416. The van der Waals surface area contributed by atoms with Crippen molar-refractivity contribution in [2.75, 3.05) is 25.5 Å². The molecule has 0 aliphatic carbocycles. The molecule has 0 unspecified atom stereocenters. The number of rotatable bonds is 5. The summed E-state index contributed by atoms with van der Waals surface area (Å²) >= 11 is 0. The van der Waals surface area contributed by atoms with Gasteiger partial charge in [-0.3, -0.25) is 0 Å². The van der Waals surface area contributed by atoms with E-state index in [1.807, 2.05) is 14.1 Å². The minimum atomic E-state index is 0. The van der Waals surface area contributed by atoms with Crippen molar-refractivity contribution in [3.63, 3.8) is 0 Å². The third-order valence-corrected chi connectivity index (χ3v) is 2.70. The number of aliphatic imine (C=N–C) groups is 1. The number of anilines is 1. The van der Waals surface area contributed by atoms with E-state index in [0.717, 1.165) is 13.0 Å². The lowest BCUT2D eigenvalue weighted by Gasteiger charge is -2.17. The molecule has 0 aliphatic rings. The molecule has 1 rings (SSSR count). The second-order valence-electron chi connectivity index (χ2n) is 4.65. The topological polar surface area (TPSA) is 53.6 Å². The highest BCUT2D eigenvalue weighted by Crippen LogP contribution is 2.20. The fourth-order valence-corrected chi connectivity index (χ4v) is 1.70. The molecule has 0 saturated heterocycles. The molecule has 19 heavy (non-hydrogen) atoms. The molecule has 4 nitrogen and oxygen atoms in total. The number of benzene rings is 1. The summed E-state index contributed by atoms with van der Waals surface area (Å²) in [6.07, 6.45) is 1.05. The first-order valence-electron chi connectivity index (χ1n) is 6.35. The molecule has 5 heteroatoms. The van der Waals surface area contributed by atoms with Crippen LogP contribution in [0.15, 0.2) is 23.2 Å². The Labute approximate surface area is 133 Å². The lowest BCUT2D eigenvalue weighted by atomic mass is 10.1. The number of nitrogens with two attached hydrogens (primary N) is 1. The molecule has 0 amide bonds. The maximum absolute atomic E-state index is 5.79. The molecule has 0 saturated carbocycles. The summed E-state index contributed by atoms with van der Waals surface area (Å²) < 4.78 is 0. The van der Waals surface area contributed by atoms with E-state index >= 15 is 0 Å². The van der Waals surface area contributed by atoms with E-state index in [-0.39, 0.29) is 24.0 Å². The third kappa shape index (κ3) is 6.13. The van der Waals surface area contributed by atoms with Gasteiger partial charge >= 0.3 is 0 Å². The van der Waals surface area contributed by atoms with Crippen molar-refractivity contribution < 1.29 is 0 Å². The largest absolute Gasteiger partial charge is 0.377 e. The zero-order valence-corrected chi connectivity index (χ0v) is 14.6. The third-order valence-electron chi connectivity index (χ3n) is 2.70. The highest BCUT2D eigenvalue weighted by molar-refractivity contribution is 14.0. The van der Waals surface area contributed by atoms with E-state index in [4.69, 9.17) is 5.73 Å². The normalized spacial score (nSPS) is 10.8. The van der Waals surface area contributed by atoms with Gasteiger partial charge in [-0.15, -0.1) is 24.0 Å². The van der Waals surface area contributed by atoms with E-state index in [1.54, 1.807) is 0 Å². The molecule has 108 valence electrons. The minimum Gasteiger partial charge on any atom is -0.377 e. The second-order valence-corrected chi connectivity index (χ2v) is 4.65. The summed E-state index contributed by atoms with van der Waals surface area (Å²) in [6, 6.07) is 6.38. The SMILES string of the molecule is CCCNC(N)=NCc1ccc(C)cc1N(C)C.I. The molecule has 0 atom stereocenters. The van der Waals surface area contributed by atoms with Gasteiger partial charge in [-0.05, 0) is 30.5 Å². The molecule has 0 fully saturated rings. The van der Waals surface area contributed by atoms with Crippen LogP contribution in [0.2, 0.25) is 0 Å². The van der Waals surface area contributed by atoms with Crippen LogP contribution >= 0.6 is 24.0 Å². The number of hydrogen-bond donors (Lipinski definition) is 2. The Morgan fingerprint density at radius 1 is 1.37 bits per heavy atom. The first-order chi connectivity index (χ1) is 8.54. The predicted molar refractivity (Wildman–Crippen MR) is 94.5 cm³/mol. The van der Waals surface area contributed by atoms with Gasteiger partial charge in [0, 0.05) is 26.3 Å². The molecule has 3 N–H and O–H groups in total. The number of aryl methyl sites for hydroxylation is 1. The van der Waals surface area contributed by atoms with Crippen molar-refractivity contribution in [1.29, 1.82) is 0 Å². The summed E-state index contributed by atoms with van der Waals surface area (Å²) in [7, 11) is 4.08. The smallest absolute Gasteiger partial charge is 0.188 e. The average molecular weight is 376 g/mol. The summed E-state index contributed by atoms with van der Waals surface area (Å²) in [5.74, 6) is 0.516. The molecule has 0 heterocycles. The zero-order chi connectivity index (χ0) is 13.5. The van der Waals surface area contributed by atoms with Crippen molar-refractivity contribution in [2.45, 2.75) is 26.8 Å². The molecular weight excluding hydrogens is 351 g/mol. The van der Waals surface area contributed by atoms with Crippen molar-refractivity contribution >= 4 is 35.6 Å². The van der Waals surface area contributed by atoms with Crippen molar-refractivity contribution in [1.82, 2.24) is 5.32 Å². The van der Waals surface area contributed by atoms with E-state index in [0.29, 0.717) is 12.5 Å². The summed E-state index contributed by atoms with van der Waals surface area (Å²) in [5.41, 5.74) is 9.43. The monoisotopic (exact) mass is 376 g/mol. The lowest BCUT2D eigenvalue weighted by Crippen LogP contribution is -2.32. The average Bonchev–Trinajstić information content (AvgIpc) is 2.34. The van der Waals surface area contributed by atoms with Crippen LogP contribution in [0.3, 0.4) is 0 Å². The number of nitrogens with one attached hydrogen (secondary N) is 1. The molecule has 1 aromatic rings. The van der Waals surface area contributed by atoms with E-state index < -0.39 is 0 Å². The molecule has 0 bridgehead atoms. The standard InChI is InChI=1S/C14H24N4.HI/c1-5-8-16-14(15)17-10-12-7-6-11(2)9-13(12)18(3)4;/h6-7,9H,5,8,10H2,1-4H3,(H3,15,16,17);1H. The summed E-state index contributed by atoms with van der Waals surface area (Å²) in [4.78, 5) is 6.47. The van der Waals surface area contributed by atoms with Crippen LogP contribution in [-0.4, -0.2) is 26.6 Å². The first kappa shape index (κ1) is 18.0. The van der Waals surface area contributed by atoms with Gasteiger partial charge in [-0.2, -0.15) is 0 Å². The Hall–Kier alpha value is -0.980. The Morgan fingerprint density at radius 3 is 2.63 bits per heavy atom. The number of hydrogen-bond acceptors (Lipinski definition) is 2. The van der Waals surface area contributed by atoms with E-state index in [2.05, 4.69) is 47.3 Å². The van der Waals surface area contributed by atoms with Crippen molar-refractivity contribution in [3.05, 3.63) is 29.3 Å². The highest BCUT2D eigenvalue weighted by atomic mass is 127. The highest BCUT2D eigenvalue weighted by Gasteiger charge is 2.04. The number of guanidine groups is 1. The Kier molecular flexibility index (Phi) is 8.54. The Morgan fingerprint density at radius 2 is 2.05 bits per heavy atom. The van der Waals surface area contributed by atoms with Crippen LogP contribution in [0, 0.1) is 6.92 Å². The van der Waals surface area contributed by atoms with Gasteiger partial charge in [-0.1, -0.05) is 19.1 Å². The zero-order valence-electron chi connectivity index (χ0n) is 12.2. The van der Waals surface area contributed by atoms with E-state index in [1.165, 1.54) is 16.8 Å². The molecule has 0 aliphatic heterocycles. The van der Waals surface area contributed by atoms with Crippen LogP contribution < -0.4 is 16.0 Å². The maximum Gasteiger partial charge on any atom is 0.188 e. The van der Waals surface area contributed by atoms with Gasteiger partial charge < -0.3 is 16.0 Å². The quantitative estimate of drug-likeness (QED) is 0.472. The predicted octanol–water partition coefficient (Wildman–Crippen LogP) is 2.49. The fraction of sp³-hybridized carbons (Fsp3) is 0.500. The van der Waals surface area contributed by atoms with Gasteiger partial charge in [0.1, 0.15) is 0 Å². The van der Waals surface area contributed by atoms with Crippen molar-refractivity contribution in [3.8, 4) is 0 Å². The van der Waals surface area contributed by atoms with E-state index in [9.17, 15) is 0 Å². The van der Waals surface area contributed by atoms with Crippen LogP contribution in [0.4, 0.5) is 5.69 Å². The molecule has 0 spiro atoms. The minimum absolute atomic E-state index is 0. The number of nitrogens with zero attached hydrogens (tertiary/aromatic N) is 2.